The minimum absolute atomic E-state index is 0.0658. The highest BCUT2D eigenvalue weighted by molar-refractivity contribution is 6.51. The van der Waals surface area contributed by atoms with Gasteiger partial charge in [-0.25, -0.2) is 0 Å². The van der Waals surface area contributed by atoms with Gasteiger partial charge in [0, 0.05) is 16.3 Å². The molecular formula is C24H18ClNO5. The van der Waals surface area contributed by atoms with E-state index in [-0.39, 0.29) is 22.8 Å². The largest absolute Gasteiger partial charge is 0.507 e. The standard InChI is InChI=1S/C24H18ClNO5/c1-31-19-12-15(10-11-18(19)27)21-20(22(28)14-6-3-2-4-7-14)23(29)24(30)26(21)17-9-5-8-16(25)13-17/h2-13,21,27-28H,1H3. The lowest BCUT2D eigenvalue weighted by atomic mass is 9.95. The Hall–Kier alpha value is -3.77. The number of Topliss-reactive ketones (excluding diaryl/α,β-unsaturated/α-hetero) is 1. The van der Waals surface area contributed by atoms with Gasteiger partial charge >= 0.3 is 0 Å². The van der Waals surface area contributed by atoms with Gasteiger partial charge in [-0.05, 0) is 35.9 Å². The maximum absolute atomic E-state index is 13.1. The summed E-state index contributed by atoms with van der Waals surface area (Å²) in [6.07, 6.45) is 0. The topological polar surface area (TPSA) is 87.1 Å². The first-order valence-electron chi connectivity index (χ1n) is 9.41. The first-order valence-corrected chi connectivity index (χ1v) is 9.79. The second kappa shape index (κ2) is 8.16. The van der Waals surface area contributed by atoms with Crippen LogP contribution in [0.3, 0.4) is 0 Å². The van der Waals surface area contributed by atoms with Crippen LogP contribution in [0.15, 0.2) is 78.4 Å². The number of anilines is 1. The molecule has 0 aromatic heterocycles. The number of nitrogens with zero attached hydrogens (tertiary/aromatic N) is 1. The summed E-state index contributed by atoms with van der Waals surface area (Å²) in [6.45, 7) is 0. The van der Waals surface area contributed by atoms with Crippen LogP contribution in [0.5, 0.6) is 11.5 Å². The predicted molar refractivity (Wildman–Crippen MR) is 117 cm³/mol. The van der Waals surface area contributed by atoms with Crippen molar-refractivity contribution in [1.82, 2.24) is 0 Å². The summed E-state index contributed by atoms with van der Waals surface area (Å²) in [4.78, 5) is 27.4. The zero-order valence-corrected chi connectivity index (χ0v) is 17.2. The zero-order chi connectivity index (χ0) is 22.1. The number of methoxy groups -OCH3 is 1. The molecule has 1 unspecified atom stereocenters. The van der Waals surface area contributed by atoms with Crippen molar-refractivity contribution in [3.8, 4) is 11.5 Å². The molecule has 3 aromatic rings. The summed E-state index contributed by atoms with van der Waals surface area (Å²) in [5.41, 5.74) is 1.22. The number of benzene rings is 3. The molecule has 3 aromatic carbocycles. The monoisotopic (exact) mass is 435 g/mol. The lowest BCUT2D eigenvalue weighted by Gasteiger charge is -2.26. The number of phenolic OH excluding ortho intramolecular Hbond substituents is 1. The van der Waals surface area contributed by atoms with E-state index in [4.69, 9.17) is 16.3 Å². The van der Waals surface area contributed by atoms with Crippen LogP contribution in [0.4, 0.5) is 5.69 Å². The molecule has 156 valence electrons. The number of carbonyl (C=O) groups excluding carboxylic acids is 2. The molecule has 0 bridgehead atoms. The molecular weight excluding hydrogens is 418 g/mol. The third-order valence-corrected chi connectivity index (χ3v) is 5.33. The number of aliphatic hydroxyl groups is 1. The Morgan fingerprint density at radius 3 is 2.42 bits per heavy atom. The first kappa shape index (κ1) is 20.5. The molecule has 1 heterocycles. The number of rotatable bonds is 4. The van der Waals surface area contributed by atoms with Gasteiger partial charge in [0.1, 0.15) is 5.76 Å². The van der Waals surface area contributed by atoms with Crippen LogP contribution >= 0.6 is 11.6 Å². The van der Waals surface area contributed by atoms with Gasteiger partial charge in [-0.15, -0.1) is 0 Å². The summed E-state index contributed by atoms with van der Waals surface area (Å²) in [5.74, 6) is -1.82. The van der Waals surface area contributed by atoms with Crippen molar-refractivity contribution in [1.29, 1.82) is 0 Å². The number of ketones is 1. The third kappa shape index (κ3) is 3.62. The van der Waals surface area contributed by atoms with E-state index in [1.54, 1.807) is 60.7 Å². The average molecular weight is 436 g/mol. The van der Waals surface area contributed by atoms with Crippen LogP contribution in [-0.4, -0.2) is 29.0 Å². The van der Waals surface area contributed by atoms with Crippen LogP contribution in [0.1, 0.15) is 17.2 Å². The number of phenols is 1. The Kier molecular flexibility index (Phi) is 5.40. The SMILES string of the molecule is COc1cc(C2C(=C(O)c3ccccc3)C(=O)C(=O)N2c2cccc(Cl)c2)ccc1O. The molecule has 0 saturated carbocycles. The second-order valence-electron chi connectivity index (χ2n) is 6.95. The van der Waals surface area contributed by atoms with Crippen LogP contribution in [0, 0.1) is 0 Å². The van der Waals surface area contributed by atoms with Crippen molar-refractivity contribution in [3.05, 3.63) is 94.5 Å². The zero-order valence-electron chi connectivity index (χ0n) is 16.4. The van der Waals surface area contributed by atoms with Gasteiger partial charge < -0.3 is 14.9 Å². The summed E-state index contributed by atoms with van der Waals surface area (Å²) in [6, 6.07) is 18.6. The number of aliphatic hydroxyl groups excluding tert-OH is 1. The summed E-state index contributed by atoms with van der Waals surface area (Å²) in [7, 11) is 1.40. The van der Waals surface area contributed by atoms with Crippen LogP contribution in [-0.2, 0) is 9.59 Å². The maximum Gasteiger partial charge on any atom is 0.300 e. The summed E-state index contributed by atoms with van der Waals surface area (Å²) < 4.78 is 5.20. The van der Waals surface area contributed by atoms with Crippen LogP contribution in [0.2, 0.25) is 5.02 Å². The number of hydrogen-bond donors (Lipinski definition) is 2. The van der Waals surface area contributed by atoms with Gasteiger partial charge in [-0.2, -0.15) is 0 Å². The highest BCUT2D eigenvalue weighted by atomic mass is 35.5. The minimum atomic E-state index is -0.951. The van der Waals surface area contributed by atoms with E-state index < -0.39 is 17.7 Å². The molecule has 7 heteroatoms. The van der Waals surface area contributed by atoms with Crippen LogP contribution in [0.25, 0.3) is 5.76 Å². The molecule has 4 rings (SSSR count). The Labute approximate surface area is 183 Å². The number of amides is 1. The first-order chi connectivity index (χ1) is 14.9. The summed E-state index contributed by atoms with van der Waals surface area (Å²) in [5, 5.41) is 21.4. The van der Waals surface area contributed by atoms with Gasteiger partial charge in [0.15, 0.2) is 11.5 Å². The smallest absolute Gasteiger partial charge is 0.300 e. The average Bonchev–Trinajstić information content (AvgIpc) is 3.05. The van der Waals surface area contributed by atoms with E-state index in [1.807, 2.05) is 0 Å². The molecule has 1 amide bonds. The van der Waals surface area contributed by atoms with Gasteiger partial charge in [0.2, 0.25) is 0 Å². The molecule has 1 aliphatic rings. The van der Waals surface area contributed by atoms with Gasteiger partial charge in [0.25, 0.3) is 11.7 Å². The maximum atomic E-state index is 13.1. The quantitative estimate of drug-likeness (QED) is 0.353. The van der Waals surface area contributed by atoms with Crippen molar-refractivity contribution in [2.45, 2.75) is 6.04 Å². The van der Waals surface area contributed by atoms with Gasteiger partial charge in [-0.3, -0.25) is 14.5 Å². The molecule has 1 aliphatic heterocycles. The van der Waals surface area contributed by atoms with E-state index in [2.05, 4.69) is 0 Å². The second-order valence-corrected chi connectivity index (χ2v) is 7.38. The minimum Gasteiger partial charge on any atom is -0.507 e. The fourth-order valence-corrected chi connectivity index (χ4v) is 3.84. The lowest BCUT2D eigenvalue weighted by Crippen LogP contribution is -2.29. The number of aromatic hydroxyl groups is 1. The molecule has 0 radical (unpaired) electrons. The molecule has 1 atom stereocenters. The molecule has 2 N–H and O–H groups in total. The van der Waals surface area contributed by atoms with Crippen molar-refractivity contribution >= 4 is 34.7 Å². The molecule has 31 heavy (non-hydrogen) atoms. The number of ether oxygens (including phenoxy) is 1. The van der Waals surface area contributed by atoms with E-state index in [9.17, 15) is 19.8 Å². The van der Waals surface area contributed by atoms with Gasteiger partial charge in [0.05, 0.1) is 18.7 Å². The Morgan fingerprint density at radius 2 is 1.74 bits per heavy atom. The summed E-state index contributed by atoms with van der Waals surface area (Å²) >= 11 is 6.13. The number of hydrogen-bond acceptors (Lipinski definition) is 5. The Morgan fingerprint density at radius 1 is 1.00 bits per heavy atom. The number of halogens is 1. The van der Waals surface area contributed by atoms with Crippen molar-refractivity contribution < 1.29 is 24.5 Å². The molecule has 1 fully saturated rings. The molecule has 0 spiro atoms. The van der Waals surface area contributed by atoms with Crippen molar-refractivity contribution in [2.75, 3.05) is 12.0 Å². The Balaban J connectivity index is 1.98. The van der Waals surface area contributed by atoms with E-state index in [0.717, 1.165) is 0 Å². The third-order valence-electron chi connectivity index (χ3n) is 5.10. The van der Waals surface area contributed by atoms with E-state index in [0.29, 0.717) is 21.8 Å². The van der Waals surface area contributed by atoms with E-state index in [1.165, 1.54) is 24.1 Å². The van der Waals surface area contributed by atoms with Crippen molar-refractivity contribution in [3.63, 3.8) is 0 Å². The molecule has 6 nitrogen and oxygen atoms in total. The van der Waals surface area contributed by atoms with Gasteiger partial charge in [-0.1, -0.05) is 54.1 Å². The molecule has 1 saturated heterocycles. The Bertz CT molecular complexity index is 1210. The highest BCUT2D eigenvalue weighted by Gasteiger charge is 2.47. The fraction of sp³-hybridized carbons (Fsp3) is 0.0833. The molecule has 0 aliphatic carbocycles. The highest BCUT2D eigenvalue weighted by Crippen LogP contribution is 2.44. The van der Waals surface area contributed by atoms with Crippen LogP contribution < -0.4 is 9.64 Å². The predicted octanol–water partition coefficient (Wildman–Crippen LogP) is 4.68. The number of carbonyl (C=O) groups is 2. The fourth-order valence-electron chi connectivity index (χ4n) is 3.66. The van der Waals surface area contributed by atoms with E-state index >= 15 is 0 Å². The lowest BCUT2D eigenvalue weighted by molar-refractivity contribution is -0.132. The van der Waals surface area contributed by atoms with Crippen molar-refractivity contribution in [2.24, 2.45) is 0 Å². The normalized spacial score (nSPS) is 17.7.